The Kier molecular flexibility index (Phi) is 10.2. The largest absolute Gasteiger partial charge is 0.494 e. The average Bonchev–Trinajstić information content (AvgIpc) is 4.00. The van der Waals surface area contributed by atoms with Gasteiger partial charge in [-0.1, -0.05) is 42.7 Å². The van der Waals surface area contributed by atoms with Crippen molar-refractivity contribution in [1.82, 2.24) is 14.6 Å². The Morgan fingerprint density at radius 2 is 1.91 bits per heavy atom. The number of sulfonamides is 1. The fraction of sp³-hybridized carbons (Fsp3) is 0.487. The highest BCUT2D eigenvalue weighted by atomic mass is 35.5. The van der Waals surface area contributed by atoms with Gasteiger partial charge in [0, 0.05) is 34.3 Å². The molecule has 11 nitrogen and oxygen atoms in total. The molecule has 0 unspecified atom stereocenters. The van der Waals surface area contributed by atoms with Crippen molar-refractivity contribution in [2.75, 3.05) is 19.0 Å². The molecule has 2 saturated carbocycles. The number of nitrogens with zero attached hydrogens (tertiary/aromatic N) is 2. The predicted octanol–water partition coefficient (Wildman–Crippen LogP) is 6.35. The molecule has 5 atom stereocenters. The van der Waals surface area contributed by atoms with E-state index < -0.39 is 50.1 Å². The van der Waals surface area contributed by atoms with Crippen molar-refractivity contribution in [2.45, 2.75) is 94.1 Å². The number of aromatic nitrogens is 1. The Hall–Kier alpha value is -4.23. The molecule has 3 aromatic rings. The molecule has 1 aromatic heterocycles. The minimum Gasteiger partial charge on any atom is -0.494 e. The van der Waals surface area contributed by atoms with Gasteiger partial charge in [0.1, 0.15) is 23.7 Å². The third-order valence-corrected chi connectivity index (χ3v) is 13.7. The van der Waals surface area contributed by atoms with Crippen LogP contribution in [-0.4, -0.2) is 72.5 Å². The third-order valence-electron chi connectivity index (χ3n) is 11.3. The molecule has 0 spiro atoms. The summed E-state index contributed by atoms with van der Waals surface area (Å²) in [4.78, 5) is 49.0. The van der Waals surface area contributed by atoms with Crippen LogP contribution in [0.1, 0.15) is 71.1 Å². The summed E-state index contributed by atoms with van der Waals surface area (Å²) >= 11 is 6.36. The molecule has 0 bridgehead atoms. The number of rotatable bonds is 8. The van der Waals surface area contributed by atoms with Crippen molar-refractivity contribution in [3.8, 4) is 11.6 Å². The van der Waals surface area contributed by atoms with E-state index in [4.69, 9.17) is 21.1 Å². The van der Waals surface area contributed by atoms with E-state index in [9.17, 15) is 27.2 Å². The van der Waals surface area contributed by atoms with Crippen LogP contribution in [0.15, 0.2) is 60.8 Å². The first-order valence-corrected chi connectivity index (χ1v) is 20.1. The SMILES string of the molecule is COc1cnc(O[C@@H]2C[C@H]3C(=O)C[C@]4(C(=O)NS(=O)(=O)C5(C)CC5)C[C@@H]4/C=C\CCCCC[C@H](Nc4cccc(F)c4)C(=O)N3C2)c2cc(Cl)ccc12. The number of benzene rings is 2. The molecule has 4 aliphatic rings. The summed E-state index contributed by atoms with van der Waals surface area (Å²) < 4.78 is 53.8. The molecule has 2 aliphatic carbocycles. The number of fused-ring (bicyclic) bond motifs is 3. The molecule has 1 saturated heterocycles. The normalized spacial score (nSPS) is 27.8. The topological polar surface area (TPSA) is 144 Å². The summed E-state index contributed by atoms with van der Waals surface area (Å²) in [6, 6.07) is 9.38. The molecule has 0 radical (unpaired) electrons. The third kappa shape index (κ3) is 7.60. The van der Waals surface area contributed by atoms with Gasteiger partial charge in [-0.05, 0) is 87.8 Å². The van der Waals surface area contributed by atoms with Gasteiger partial charge in [0.25, 0.3) is 0 Å². The summed E-state index contributed by atoms with van der Waals surface area (Å²) in [5, 5.41) is 4.99. The molecule has 7 rings (SSSR count). The van der Waals surface area contributed by atoms with Crippen LogP contribution >= 0.6 is 11.6 Å². The lowest BCUT2D eigenvalue weighted by molar-refractivity contribution is -0.139. The first kappa shape index (κ1) is 37.1. The van der Waals surface area contributed by atoms with E-state index in [1.807, 2.05) is 12.2 Å². The Morgan fingerprint density at radius 3 is 2.66 bits per heavy atom. The number of methoxy groups -OCH3 is 1. The second-order valence-electron chi connectivity index (χ2n) is 15.1. The van der Waals surface area contributed by atoms with Crippen molar-refractivity contribution >= 4 is 55.7 Å². The van der Waals surface area contributed by atoms with E-state index in [-0.39, 0.29) is 42.9 Å². The fourth-order valence-corrected chi connectivity index (χ4v) is 9.15. The molecule has 14 heteroatoms. The highest BCUT2D eigenvalue weighted by Gasteiger charge is 2.62. The second kappa shape index (κ2) is 14.5. The smallest absolute Gasteiger partial charge is 0.245 e. The average molecular weight is 767 g/mol. The minimum atomic E-state index is -3.95. The Labute approximate surface area is 313 Å². The van der Waals surface area contributed by atoms with Gasteiger partial charge in [0.2, 0.25) is 27.7 Å². The number of Topliss-reactive ketones (excluding diaryl/α,β-unsaturated/α-hetero) is 1. The van der Waals surface area contributed by atoms with Crippen molar-refractivity contribution < 1.29 is 36.7 Å². The van der Waals surface area contributed by atoms with Gasteiger partial charge in [-0.25, -0.2) is 17.8 Å². The molecule has 2 amide bonds. The van der Waals surface area contributed by atoms with Gasteiger partial charge in [0.15, 0.2) is 5.78 Å². The number of ketones is 1. The Balaban J connectivity index is 1.22. The number of allylic oxidation sites excluding steroid dienone is 2. The van der Waals surface area contributed by atoms with E-state index in [0.717, 1.165) is 24.6 Å². The van der Waals surface area contributed by atoms with Crippen LogP contribution in [0.25, 0.3) is 10.8 Å². The molecule has 53 heavy (non-hydrogen) atoms. The quantitative estimate of drug-likeness (QED) is 0.251. The number of carbonyl (C=O) groups excluding carboxylic acids is 3. The lowest BCUT2D eigenvalue weighted by Crippen LogP contribution is -2.49. The van der Waals surface area contributed by atoms with Crippen LogP contribution in [-0.2, 0) is 24.4 Å². The zero-order chi connectivity index (χ0) is 37.5. The van der Waals surface area contributed by atoms with Crippen LogP contribution in [0.3, 0.4) is 0 Å². The molecule has 3 fully saturated rings. The number of hydrogen-bond donors (Lipinski definition) is 2. The van der Waals surface area contributed by atoms with Crippen molar-refractivity contribution in [3.63, 3.8) is 0 Å². The zero-order valence-electron chi connectivity index (χ0n) is 29.8. The van der Waals surface area contributed by atoms with Crippen molar-refractivity contribution in [1.29, 1.82) is 0 Å². The molecule has 3 heterocycles. The predicted molar refractivity (Wildman–Crippen MR) is 199 cm³/mol. The molecule has 2 aliphatic heterocycles. The summed E-state index contributed by atoms with van der Waals surface area (Å²) in [6.07, 6.45) is 9.44. The zero-order valence-corrected chi connectivity index (χ0v) is 31.3. The van der Waals surface area contributed by atoms with Gasteiger partial charge in [-0.2, -0.15) is 0 Å². The monoisotopic (exact) mass is 766 g/mol. The Morgan fingerprint density at radius 1 is 1.09 bits per heavy atom. The van der Waals surface area contributed by atoms with Crippen molar-refractivity contribution in [3.05, 3.63) is 71.7 Å². The van der Waals surface area contributed by atoms with E-state index in [1.165, 1.54) is 30.3 Å². The van der Waals surface area contributed by atoms with Crippen LogP contribution in [0, 0.1) is 17.2 Å². The highest BCUT2D eigenvalue weighted by molar-refractivity contribution is 7.91. The van der Waals surface area contributed by atoms with E-state index in [2.05, 4.69) is 15.0 Å². The number of halogens is 2. The van der Waals surface area contributed by atoms with Gasteiger partial charge < -0.3 is 19.7 Å². The molecule has 2 N–H and O–H groups in total. The molecule has 282 valence electrons. The maximum atomic E-state index is 14.6. The number of hydrogen-bond acceptors (Lipinski definition) is 9. The van der Waals surface area contributed by atoms with E-state index >= 15 is 0 Å². The van der Waals surface area contributed by atoms with Gasteiger partial charge >= 0.3 is 0 Å². The lowest BCUT2D eigenvalue weighted by atomic mass is 9.91. The van der Waals surface area contributed by atoms with Crippen LogP contribution in [0.5, 0.6) is 11.6 Å². The maximum Gasteiger partial charge on any atom is 0.245 e. The molecular weight excluding hydrogens is 723 g/mol. The maximum absolute atomic E-state index is 14.6. The summed E-state index contributed by atoms with van der Waals surface area (Å²) in [5.74, 6) is -1.38. The van der Waals surface area contributed by atoms with E-state index in [1.54, 1.807) is 37.3 Å². The van der Waals surface area contributed by atoms with E-state index in [0.29, 0.717) is 53.9 Å². The van der Waals surface area contributed by atoms with Gasteiger partial charge in [0.05, 0.1) is 36.1 Å². The van der Waals surface area contributed by atoms with Crippen molar-refractivity contribution in [2.24, 2.45) is 11.3 Å². The van der Waals surface area contributed by atoms with Crippen LogP contribution < -0.4 is 19.5 Å². The number of ether oxygens (including phenoxy) is 2. The van der Waals surface area contributed by atoms with Gasteiger partial charge in [-0.3, -0.25) is 19.1 Å². The minimum absolute atomic E-state index is 0.0433. The number of amides is 2. The number of carbonyl (C=O) groups is 3. The lowest BCUT2D eigenvalue weighted by Gasteiger charge is -2.30. The van der Waals surface area contributed by atoms with Crippen LogP contribution in [0.4, 0.5) is 10.1 Å². The molecule has 2 aromatic carbocycles. The standard InChI is InChI=1S/C39H44ClFN4O7S/c1-38(15-16-38)53(49,50)44-37(48)39-20-24(39)9-6-4-3-5-7-12-31(43-27-11-8-10-26(41)18-27)36(47)45-23-28(19-32(45)33(46)21-39)52-35-30-17-25(40)13-14-29(30)34(51-2)22-42-35/h6,8-11,13-14,17-18,22,24,28,31-32,43H,3-5,7,12,15-16,19-21,23H2,1-2H3,(H,44,48)/b9-6-/t24-,28+,31-,32-,39+/m0/s1. The summed E-state index contributed by atoms with van der Waals surface area (Å²) in [6.45, 7) is 1.65. The molecular formula is C39H44ClFN4O7S. The highest BCUT2D eigenvalue weighted by Crippen LogP contribution is 2.57. The van der Waals surface area contributed by atoms with Crippen LogP contribution in [0.2, 0.25) is 5.02 Å². The Bertz CT molecular complexity index is 2080. The first-order chi connectivity index (χ1) is 25.3. The first-order valence-electron chi connectivity index (χ1n) is 18.2. The number of pyridine rings is 1. The summed E-state index contributed by atoms with van der Waals surface area (Å²) in [7, 11) is -2.41. The second-order valence-corrected chi connectivity index (χ2v) is 17.7. The van der Waals surface area contributed by atoms with Gasteiger partial charge in [-0.15, -0.1) is 0 Å². The number of nitrogens with one attached hydrogen (secondary N) is 2. The fourth-order valence-electron chi connectivity index (χ4n) is 7.65. The summed E-state index contributed by atoms with van der Waals surface area (Å²) in [5.41, 5.74) is -0.824. The number of anilines is 1.